The van der Waals surface area contributed by atoms with Gasteiger partial charge in [-0.05, 0) is 17.5 Å². The SMILES string of the molecule is N#Cc1nccnc1NCc1cccc(CN2CCCC2=O)c1. The summed E-state index contributed by atoms with van der Waals surface area (Å²) in [6.45, 7) is 2.04. The summed E-state index contributed by atoms with van der Waals surface area (Å²) >= 11 is 0. The third-order valence-corrected chi connectivity index (χ3v) is 3.80. The van der Waals surface area contributed by atoms with E-state index >= 15 is 0 Å². The Morgan fingerprint density at radius 1 is 1.26 bits per heavy atom. The van der Waals surface area contributed by atoms with Gasteiger partial charge in [0, 0.05) is 38.4 Å². The monoisotopic (exact) mass is 307 g/mol. The zero-order valence-electron chi connectivity index (χ0n) is 12.7. The second-order valence-corrected chi connectivity index (χ2v) is 5.46. The lowest BCUT2D eigenvalue weighted by atomic mass is 10.1. The topological polar surface area (TPSA) is 81.9 Å². The molecule has 0 bridgehead atoms. The van der Waals surface area contributed by atoms with Crippen LogP contribution >= 0.6 is 0 Å². The molecule has 0 aliphatic carbocycles. The predicted molar refractivity (Wildman–Crippen MR) is 85.2 cm³/mol. The number of nitrogens with zero attached hydrogens (tertiary/aromatic N) is 4. The Bertz CT molecular complexity index is 753. The number of rotatable bonds is 5. The van der Waals surface area contributed by atoms with E-state index in [1.807, 2.05) is 29.2 Å². The number of anilines is 1. The third-order valence-electron chi connectivity index (χ3n) is 3.80. The van der Waals surface area contributed by atoms with Gasteiger partial charge in [0.05, 0.1) is 0 Å². The molecule has 1 fully saturated rings. The first kappa shape index (κ1) is 15.0. The summed E-state index contributed by atoms with van der Waals surface area (Å²) in [4.78, 5) is 21.7. The molecule has 0 saturated carbocycles. The maximum Gasteiger partial charge on any atom is 0.222 e. The average molecular weight is 307 g/mol. The molecule has 2 heterocycles. The van der Waals surface area contributed by atoms with Crippen molar-refractivity contribution in [3.05, 3.63) is 53.5 Å². The second-order valence-electron chi connectivity index (χ2n) is 5.46. The van der Waals surface area contributed by atoms with Crippen LogP contribution in [0.2, 0.25) is 0 Å². The fourth-order valence-corrected chi connectivity index (χ4v) is 2.66. The Hall–Kier alpha value is -2.94. The van der Waals surface area contributed by atoms with Crippen molar-refractivity contribution in [1.82, 2.24) is 14.9 Å². The molecular weight excluding hydrogens is 290 g/mol. The Labute approximate surface area is 134 Å². The van der Waals surface area contributed by atoms with Crippen LogP contribution < -0.4 is 5.32 Å². The van der Waals surface area contributed by atoms with E-state index in [-0.39, 0.29) is 11.6 Å². The van der Waals surface area contributed by atoms with Gasteiger partial charge in [0.2, 0.25) is 5.91 Å². The van der Waals surface area contributed by atoms with E-state index in [0.717, 1.165) is 24.1 Å². The number of nitriles is 1. The molecule has 1 N–H and O–H groups in total. The Kier molecular flexibility index (Phi) is 4.48. The Morgan fingerprint density at radius 2 is 2.09 bits per heavy atom. The van der Waals surface area contributed by atoms with Crippen molar-refractivity contribution in [2.75, 3.05) is 11.9 Å². The minimum absolute atomic E-state index is 0.228. The summed E-state index contributed by atoms with van der Waals surface area (Å²) < 4.78 is 0. The van der Waals surface area contributed by atoms with E-state index in [1.54, 1.807) is 6.20 Å². The van der Waals surface area contributed by atoms with Crippen LogP contribution in [0.5, 0.6) is 0 Å². The van der Waals surface area contributed by atoms with E-state index < -0.39 is 0 Å². The highest BCUT2D eigenvalue weighted by atomic mass is 16.2. The lowest BCUT2D eigenvalue weighted by molar-refractivity contribution is -0.128. The number of amides is 1. The molecule has 116 valence electrons. The largest absolute Gasteiger partial charge is 0.364 e. The van der Waals surface area contributed by atoms with Crippen LogP contribution in [0.1, 0.15) is 29.7 Å². The maximum absolute atomic E-state index is 11.7. The number of hydrogen-bond donors (Lipinski definition) is 1. The van der Waals surface area contributed by atoms with Crippen molar-refractivity contribution in [3.63, 3.8) is 0 Å². The number of carbonyl (C=O) groups is 1. The quantitative estimate of drug-likeness (QED) is 0.914. The van der Waals surface area contributed by atoms with Crippen LogP contribution in [0.3, 0.4) is 0 Å². The van der Waals surface area contributed by atoms with Crippen LogP contribution in [0.15, 0.2) is 36.7 Å². The molecule has 0 atom stereocenters. The molecule has 3 rings (SSSR count). The van der Waals surface area contributed by atoms with Gasteiger partial charge in [0.1, 0.15) is 6.07 Å². The number of benzene rings is 1. The van der Waals surface area contributed by atoms with Gasteiger partial charge in [-0.25, -0.2) is 9.97 Å². The van der Waals surface area contributed by atoms with Crippen molar-refractivity contribution >= 4 is 11.7 Å². The molecule has 1 aliphatic rings. The normalized spacial score (nSPS) is 13.9. The Balaban J connectivity index is 1.66. The van der Waals surface area contributed by atoms with E-state index in [9.17, 15) is 4.79 Å². The zero-order valence-corrected chi connectivity index (χ0v) is 12.7. The van der Waals surface area contributed by atoms with Crippen LogP contribution in [-0.4, -0.2) is 27.3 Å². The lowest BCUT2D eigenvalue weighted by Gasteiger charge is -2.16. The van der Waals surface area contributed by atoms with E-state index in [1.165, 1.54) is 6.20 Å². The van der Waals surface area contributed by atoms with Gasteiger partial charge in [-0.2, -0.15) is 5.26 Å². The van der Waals surface area contributed by atoms with Crippen molar-refractivity contribution < 1.29 is 4.79 Å². The van der Waals surface area contributed by atoms with Gasteiger partial charge in [-0.1, -0.05) is 24.3 Å². The van der Waals surface area contributed by atoms with Crippen LogP contribution in [-0.2, 0) is 17.9 Å². The molecule has 23 heavy (non-hydrogen) atoms. The number of aromatic nitrogens is 2. The second kappa shape index (κ2) is 6.88. The van der Waals surface area contributed by atoms with Gasteiger partial charge in [0.25, 0.3) is 0 Å². The molecule has 1 aromatic carbocycles. The fourth-order valence-electron chi connectivity index (χ4n) is 2.66. The molecule has 6 heteroatoms. The van der Waals surface area contributed by atoms with Gasteiger partial charge in [-0.15, -0.1) is 0 Å². The number of hydrogen-bond acceptors (Lipinski definition) is 5. The van der Waals surface area contributed by atoms with Crippen LogP contribution in [0.4, 0.5) is 5.82 Å². The van der Waals surface area contributed by atoms with Crippen molar-refractivity contribution in [1.29, 1.82) is 5.26 Å². The predicted octanol–water partition coefficient (Wildman–Crippen LogP) is 2.08. The standard InChI is InChI=1S/C17H17N5O/c18-10-15-17(20-7-6-19-15)21-11-13-3-1-4-14(9-13)12-22-8-2-5-16(22)23/h1,3-4,6-7,9H,2,5,8,11-12H2,(H,20,21). The highest BCUT2D eigenvalue weighted by molar-refractivity contribution is 5.78. The fraction of sp³-hybridized carbons (Fsp3) is 0.294. The molecule has 2 aromatic rings. The van der Waals surface area contributed by atoms with Gasteiger partial charge < -0.3 is 10.2 Å². The van der Waals surface area contributed by atoms with E-state index in [0.29, 0.717) is 25.3 Å². The summed E-state index contributed by atoms with van der Waals surface area (Å²) in [5.74, 6) is 0.710. The van der Waals surface area contributed by atoms with E-state index in [2.05, 4.69) is 21.4 Å². The first-order valence-electron chi connectivity index (χ1n) is 7.57. The molecular formula is C17H17N5O. The number of carbonyl (C=O) groups excluding carboxylic acids is 1. The van der Waals surface area contributed by atoms with Gasteiger partial charge in [0.15, 0.2) is 11.5 Å². The van der Waals surface area contributed by atoms with Crippen molar-refractivity contribution in [2.24, 2.45) is 0 Å². The molecule has 0 unspecified atom stereocenters. The zero-order chi connectivity index (χ0) is 16.1. The van der Waals surface area contributed by atoms with Gasteiger partial charge >= 0.3 is 0 Å². The highest BCUT2D eigenvalue weighted by Crippen LogP contribution is 2.16. The molecule has 1 aromatic heterocycles. The summed E-state index contributed by atoms with van der Waals surface area (Å²) in [7, 11) is 0. The average Bonchev–Trinajstić information content (AvgIpc) is 2.98. The van der Waals surface area contributed by atoms with Crippen molar-refractivity contribution in [3.8, 4) is 6.07 Å². The molecule has 1 saturated heterocycles. The first-order chi connectivity index (χ1) is 11.3. The first-order valence-corrected chi connectivity index (χ1v) is 7.57. The van der Waals surface area contributed by atoms with Crippen molar-refractivity contribution in [2.45, 2.75) is 25.9 Å². The minimum Gasteiger partial charge on any atom is -0.364 e. The molecule has 0 radical (unpaired) electrons. The summed E-state index contributed by atoms with van der Waals surface area (Å²) in [5.41, 5.74) is 2.47. The van der Waals surface area contributed by atoms with Crippen LogP contribution in [0, 0.1) is 11.3 Å². The summed E-state index contributed by atoms with van der Waals surface area (Å²) in [5, 5.41) is 12.1. The van der Waals surface area contributed by atoms with Gasteiger partial charge in [-0.3, -0.25) is 4.79 Å². The summed E-state index contributed by atoms with van der Waals surface area (Å²) in [6, 6.07) is 10.1. The summed E-state index contributed by atoms with van der Waals surface area (Å²) in [6.07, 6.45) is 4.66. The molecule has 6 nitrogen and oxygen atoms in total. The molecule has 0 spiro atoms. The Morgan fingerprint density at radius 3 is 2.87 bits per heavy atom. The molecule has 1 amide bonds. The molecule has 1 aliphatic heterocycles. The minimum atomic E-state index is 0.228. The lowest BCUT2D eigenvalue weighted by Crippen LogP contribution is -2.23. The number of nitrogens with one attached hydrogen (secondary N) is 1. The number of likely N-dealkylation sites (tertiary alicyclic amines) is 1. The smallest absolute Gasteiger partial charge is 0.222 e. The maximum atomic E-state index is 11.7. The van der Waals surface area contributed by atoms with E-state index in [4.69, 9.17) is 5.26 Å². The van der Waals surface area contributed by atoms with Crippen LogP contribution in [0.25, 0.3) is 0 Å². The highest BCUT2D eigenvalue weighted by Gasteiger charge is 2.19. The third kappa shape index (κ3) is 3.64.